The number of aliphatic hydroxyl groups is 1. The number of cyclic esters (lactones) is 1. The fraction of sp³-hybridized carbons (Fsp3) is 0.750. The SMILES string of the molecule is [Cl-].[NH3+][C@H]1C(=O)OC[C@H]1O. The Morgan fingerprint density at radius 3 is 2.44 bits per heavy atom. The molecule has 0 aromatic rings. The van der Waals surface area contributed by atoms with Crippen molar-refractivity contribution < 1.29 is 32.8 Å². The number of quaternary nitrogens is 1. The first kappa shape index (κ1) is 8.68. The molecular formula is C4H8ClNO3. The fourth-order valence-electron chi connectivity index (χ4n) is 0.548. The summed E-state index contributed by atoms with van der Waals surface area (Å²) < 4.78 is 4.43. The second kappa shape index (κ2) is 3.00. The van der Waals surface area contributed by atoms with Gasteiger partial charge in [-0.05, 0) is 0 Å². The van der Waals surface area contributed by atoms with Crippen molar-refractivity contribution in [1.82, 2.24) is 0 Å². The summed E-state index contributed by atoms with van der Waals surface area (Å²) in [6.07, 6.45) is -0.692. The predicted octanol–water partition coefficient (Wildman–Crippen LogP) is -5.48. The van der Waals surface area contributed by atoms with Crippen molar-refractivity contribution in [2.45, 2.75) is 12.1 Å². The molecule has 0 amide bonds. The normalized spacial score (nSPS) is 33.3. The van der Waals surface area contributed by atoms with Gasteiger partial charge in [-0.2, -0.15) is 0 Å². The van der Waals surface area contributed by atoms with E-state index in [0.717, 1.165) is 0 Å². The summed E-state index contributed by atoms with van der Waals surface area (Å²) in [7, 11) is 0. The van der Waals surface area contributed by atoms with Gasteiger partial charge in [-0.25, -0.2) is 4.79 Å². The van der Waals surface area contributed by atoms with Gasteiger partial charge in [0.25, 0.3) is 0 Å². The maximum atomic E-state index is 10.3. The van der Waals surface area contributed by atoms with Gasteiger partial charge in [0.05, 0.1) is 0 Å². The predicted molar refractivity (Wildman–Crippen MR) is 23.6 cm³/mol. The number of ether oxygens (including phenoxy) is 1. The van der Waals surface area contributed by atoms with Crippen LogP contribution in [0, 0.1) is 0 Å². The highest BCUT2D eigenvalue weighted by Crippen LogP contribution is 2.01. The summed E-state index contributed by atoms with van der Waals surface area (Å²) in [4.78, 5) is 10.3. The van der Waals surface area contributed by atoms with Gasteiger partial charge in [-0.1, -0.05) is 0 Å². The van der Waals surface area contributed by atoms with Crippen molar-refractivity contribution in [3.05, 3.63) is 0 Å². The van der Waals surface area contributed by atoms with E-state index in [0.29, 0.717) is 0 Å². The average Bonchev–Trinajstić information content (AvgIpc) is 1.98. The van der Waals surface area contributed by atoms with Gasteiger partial charge in [0, 0.05) is 0 Å². The Balaban J connectivity index is 0.000000640. The first-order valence-electron chi connectivity index (χ1n) is 2.39. The first-order chi connectivity index (χ1) is 3.72. The molecular weight excluding hydrogens is 146 g/mol. The Morgan fingerprint density at radius 1 is 1.78 bits per heavy atom. The maximum absolute atomic E-state index is 10.3. The fourth-order valence-corrected chi connectivity index (χ4v) is 0.548. The summed E-state index contributed by atoms with van der Waals surface area (Å²) in [6, 6.07) is -0.574. The zero-order valence-corrected chi connectivity index (χ0v) is 5.47. The van der Waals surface area contributed by atoms with Crippen molar-refractivity contribution in [1.29, 1.82) is 0 Å². The van der Waals surface area contributed by atoms with E-state index in [1.54, 1.807) is 0 Å². The van der Waals surface area contributed by atoms with Crippen molar-refractivity contribution in [3.63, 3.8) is 0 Å². The number of halogens is 1. The Morgan fingerprint density at radius 2 is 2.33 bits per heavy atom. The number of hydrogen-bond donors (Lipinski definition) is 2. The van der Waals surface area contributed by atoms with Crippen LogP contribution in [0.2, 0.25) is 0 Å². The van der Waals surface area contributed by atoms with Crippen molar-refractivity contribution in [2.75, 3.05) is 6.61 Å². The van der Waals surface area contributed by atoms with Crippen molar-refractivity contribution in [2.24, 2.45) is 0 Å². The lowest BCUT2D eigenvalue weighted by Crippen LogP contribution is -3.00. The zero-order chi connectivity index (χ0) is 6.15. The molecule has 4 nitrogen and oxygen atoms in total. The van der Waals surface area contributed by atoms with Gasteiger partial charge in [0.2, 0.25) is 6.04 Å². The smallest absolute Gasteiger partial charge is 0.367 e. The van der Waals surface area contributed by atoms with E-state index in [1.165, 1.54) is 0 Å². The minimum Gasteiger partial charge on any atom is -1.00 e. The first-order valence-corrected chi connectivity index (χ1v) is 2.39. The van der Waals surface area contributed by atoms with Crippen LogP contribution >= 0.6 is 0 Å². The number of esters is 1. The molecule has 5 heteroatoms. The lowest BCUT2D eigenvalue weighted by Gasteiger charge is -1.94. The van der Waals surface area contributed by atoms with Crippen LogP contribution in [0.4, 0.5) is 0 Å². The highest BCUT2D eigenvalue weighted by Gasteiger charge is 2.35. The van der Waals surface area contributed by atoms with Crippen molar-refractivity contribution in [3.8, 4) is 0 Å². The van der Waals surface area contributed by atoms with Gasteiger partial charge in [0.1, 0.15) is 6.61 Å². The topological polar surface area (TPSA) is 74.2 Å². The molecule has 0 aliphatic carbocycles. The van der Waals surface area contributed by atoms with E-state index in [-0.39, 0.29) is 19.0 Å². The largest absolute Gasteiger partial charge is 1.00 e. The van der Waals surface area contributed by atoms with E-state index in [1.807, 2.05) is 0 Å². The lowest BCUT2D eigenvalue weighted by molar-refractivity contribution is -0.415. The standard InChI is InChI=1S/C4H7NO3.ClH/c5-3-2(6)1-8-4(3)7;/h2-3,6H,1,5H2;1H/t2-,3-;/m1./s1. The Bertz CT molecular complexity index is 118. The summed E-state index contributed by atoms with van der Waals surface area (Å²) in [5.74, 6) is -0.405. The highest BCUT2D eigenvalue weighted by atomic mass is 35.5. The molecule has 2 atom stereocenters. The third kappa shape index (κ3) is 1.54. The van der Waals surface area contributed by atoms with Gasteiger partial charge in [-0.15, -0.1) is 0 Å². The summed E-state index contributed by atoms with van der Waals surface area (Å²) in [5, 5.41) is 8.76. The van der Waals surface area contributed by atoms with Crippen LogP contribution in [0.3, 0.4) is 0 Å². The van der Waals surface area contributed by atoms with E-state index in [9.17, 15) is 4.79 Å². The lowest BCUT2D eigenvalue weighted by atomic mass is 10.2. The molecule has 1 saturated heterocycles. The van der Waals surface area contributed by atoms with Crippen molar-refractivity contribution >= 4 is 5.97 Å². The molecule has 9 heavy (non-hydrogen) atoms. The molecule has 0 saturated carbocycles. The number of hydrogen-bond acceptors (Lipinski definition) is 3. The minimum absolute atomic E-state index is 0. The summed E-state index contributed by atoms with van der Waals surface area (Å²) in [5.41, 5.74) is 3.38. The number of carbonyl (C=O) groups is 1. The Labute approximate surface area is 58.4 Å². The second-order valence-electron chi connectivity index (χ2n) is 1.80. The molecule has 0 spiro atoms. The number of rotatable bonds is 0. The molecule has 1 aliphatic heterocycles. The van der Waals surface area contributed by atoms with Crippen LogP contribution < -0.4 is 18.1 Å². The Kier molecular flexibility index (Phi) is 2.90. The molecule has 0 bridgehead atoms. The molecule has 0 radical (unpaired) electrons. The molecule has 1 aliphatic rings. The van der Waals surface area contributed by atoms with E-state index < -0.39 is 18.1 Å². The van der Waals surface area contributed by atoms with Gasteiger partial charge >= 0.3 is 5.97 Å². The molecule has 0 aromatic carbocycles. The average molecular weight is 154 g/mol. The van der Waals surface area contributed by atoms with Crippen LogP contribution in [0.5, 0.6) is 0 Å². The zero-order valence-electron chi connectivity index (χ0n) is 4.71. The van der Waals surface area contributed by atoms with E-state index in [4.69, 9.17) is 5.11 Å². The molecule has 54 valence electrons. The van der Waals surface area contributed by atoms with Gasteiger partial charge in [-0.3, -0.25) is 0 Å². The van der Waals surface area contributed by atoms with Crippen LogP contribution in [0.15, 0.2) is 0 Å². The molecule has 1 fully saturated rings. The molecule has 4 N–H and O–H groups in total. The molecule has 0 unspecified atom stereocenters. The second-order valence-corrected chi connectivity index (χ2v) is 1.80. The summed E-state index contributed by atoms with van der Waals surface area (Å²) in [6.45, 7) is 0.104. The van der Waals surface area contributed by atoms with E-state index >= 15 is 0 Å². The van der Waals surface area contributed by atoms with Gasteiger partial charge in [0.15, 0.2) is 6.10 Å². The van der Waals surface area contributed by atoms with Crippen LogP contribution in [0.25, 0.3) is 0 Å². The molecule has 1 rings (SSSR count). The Hall–Kier alpha value is -0.320. The highest BCUT2D eigenvalue weighted by molar-refractivity contribution is 5.76. The minimum atomic E-state index is -0.692. The van der Waals surface area contributed by atoms with Gasteiger partial charge < -0.3 is 28.0 Å². The number of aliphatic hydroxyl groups excluding tert-OH is 1. The third-order valence-corrected chi connectivity index (χ3v) is 1.16. The summed E-state index contributed by atoms with van der Waals surface area (Å²) >= 11 is 0. The third-order valence-electron chi connectivity index (χ3n) is 1.16. The molecule has 0 aromatic heterocycles. The van der Waals surface area contributed by atoms with E-state index in [2.05, 4.69) is 10.5 Å². The maximum Gasteiger partial charge on any atom is 0.367 e. The van der Waals surface area contributed by atoms with Crippen LogP contribution in [-0.2, 0) is 9.53 Å². The van der Waals surface area contributed by atoms with Crippen LogP contribution in [-0.4, -0.2) is 29.8 Å². The van der Waals surface area contributed by atoms with Crippen LogP contribution in [0.1, 0.15) is 0 Å². The quantitative estimate of drug-likeness (QED) is 0.341. The molecule has 1 heterocycles. The monoisotopic (exact) mass is 153 g/mol. The number of carbonyl (C=O) groups excluding carboxylic acids is 1.